The summed E-state index contributed by atoms with van der Waals surface area (Å²) in [6.07, 6.45) is 0. The summed E-state index contributed by atoms with van der Waals surface area (Å²) < 4.78 is 12.8. The van der Waals surface area contributed by atoms with E-state index in [4.69, 9.17) is 0 Å². The number of phenols is 1. The highest BCUT2D eigenvalue weighted by molar-refractivity contribution is 5.42. The number of nitrogens with one attached hydrogen (secondary N) is 1. The lowest BCUT2D eigenvalue weighted by Crippen LogP contribution is -2.12. The predicted molar refractivity (Wildman–Crippen MR) is 74.5 cm³/mol. The summed E-state index contributed by atoms with van der Waals surface area (Å²) in [7, 11) is 0. The zero-order chi connectivity index (χ0) is 13.8. The molecule has 100 valence electrons. The molecule has 2 nitrogen and oxygen atoms in total. The average Bonchev–Trinajstić information content (AvgIpc) is 2.38. The van der Waals surface area contributed by atoms with Gasteiger partial charge in [-0.1, -0.05) is 24.3 Å². The van der Waals surface area contributed by atoms with Gasteiger partial charge < -0.3 is 10.4 Å². The number of hydrogen-bond acceptors (Lipinski definition) is 2. The maximum Gasteiger partial charge on any atom is 0.123 e. The van der Waals surface area contributed by atoms with Crippen molar-refractivity contribution in [3.8, 4) is 5.75 Å². The van der Waals surface area contributed by atoms with Gasteiger partial charge in [-0.05, 0) is 48.2 Å². The first kappa shape index (κ1) is 13.6. The Morgan fingerprint density at radius 1 is 0.947 bits per heavy atom. The number of phenolic OH excluding ortho intramolecular Hbond substituents is 1. The minimum atomic E-state index is -0.214. The Labute approximate surface area is 112 Å². The normalized spacial score (nSPS) is 10.7. The first-order chi connectivity index (χ1) is 9.06. The average molecular weight is 259 g/mol. The molecule has 0 aliphatic rings. The smallest absolute Gasteiger partial charge is 0.123 e. The Morgan fingerprint density at radius 2 is 1.47 bits per heavy atom. The van der Waals surface area contributed by atoms with E-state index in [1.54, 1.807) is 12.1 Å². The van der Waals surface area contributed by atoms with E-state index in [1.807, 2.05) is 26.0 Å². The lowest BCUT2D eigenvalue weighted by molar-refractivity contribution is 0.466. The van der Waals surface area contributed by atoms with Gasteiger partial charge in [-0.25, -0.2) is 4.39 Å². The summed E-state index contributed by atoms with van der Waals surface area (Å²) in [5.41, 5.74) is 3.96. The molecule has 2 aromatic carbocycles. The van der Waals surface area contributed by atoms with Crippen LogP contribution in [0.5, 0.6) is 5.75 Å². The maximum atomic E-state index is 12.8. The van der Waals surface area contributed by atoms with Crippen molar-refractivity contribution in [2.24, 2.45) is 0 Å². The maximum absolute atomic E-state index is 12.8. The van der Waals surface area contributed by atoms with Crippen molar-refractivity contribution in [2.75, 3.05) is 0 Å². The van der Waals surface area contributed by atoms with Gasteiger partial charge in [0.1, 0.15) is 11.6 Å². The number of aromatic hydroxyl groups is 1. The van der Waals surface area contributed by atoms with Gasteiger partial charge in [-0.15, -0.1) is 0 Å². The minimum Gasteiger partial charge on any atom is -0.507 e. The SMILES string of the molecule is Cc1cc(CNCc2ccc(F)cc2)cc(C)c1O. The van der Waals surface area contributed by atoms with E-state index in [1.165, 1.54) is 12.1 Å². The summed E-state index contributed by atoms with van der Waals surface area (Å²) in [6.45, 7) is 5.20. The van der Waals surface area contributed by atoms with Crippen LogP contribution in [0, 0.1) is 19.7 Å². The molecule has 0 bridgehead atoms. The molecule has 0 aromatic heterocycles. The molecule has 0 spiro atoms. The fourth-order valence-electron chi connectivity index (χ4n) is 2.10. The van der Waals surface area contributed by atoms with Gasteiger partial charge in [0, 0.05) is 13.1 Å². The highest BCUT2D eigenvalue weighted by Crippen LogP contribution is 2.22. The summed E-state index contributed by atoms with van der Waals surface area (Å²) in [5.74, 6) is 0.149. The fraction of sp³-hybridized carbons (Fsp3) is 0.250. The van der Waals surface area contributed by atoms with Crippen molar-refractivity contribution in [1.82, 2.24) is 5.32 Å². The second-order valence-electron chi connectivity index (χ2n) is 4.81. The molecule has 0 aliphatic carbocycles. The largest absolute Gasteiger partial charge is 0.507 e. The molecule has 19 heavy (non-hydrogen) atoms. The van der Waals surface area contributed by atoms with Crippen LogP contribution in [0.2, 0.25) is 0 Å². The van der Waals surface area contributed by atoms with E-state index in [-0.39, 0.29) is 5.82 Å². The number of benzene rings is 2. The molecule has 2 N–H and O–H groups in total. The van der Waals surface area contributed by atoms with E-state index < -0.39 is 0 Å². The third-order valence-corrected chi connectivity index (χ3v) is 3.12. The molecule has 0 fully saturated rings. The summed E-state index contributed by atoms with van der Waals surface area (Å²) in [5, 5.41) is 13.0. The molecule has 2 rings (SSSR count). The lowest BCUT2D eigenvalue weighted by Gasteiger charge is -2.09. The molecular weight excluding hydrogens is 241 g/mol. The summed E-state index contributed by atoms with van der Waals surface area (Å²) in [4.78, 5) is 0. The summed E-state index contributed by atoms with van der Waals surface area (Å²) >= 11 is 0. The Hall–Kier alpha value is -1.87. The molecule has 0 saturated heterocycles. The van der Waals surface area contributed by atoms with Crippen LogP contribution in [0.4, 0.5) is 4.39 Å². The van der Waals surface area contributed by atoms with E-state index in [2.05, 4.69) is 5.32 Å². The van der Waals surface area contributed by atoms with Crippen molar-refractivity contribution in [3.63, 3.8) is 0 Å². The second-order valence-corrected chi connectivity index (χ2v) is 4.81. The van der Waals surface area contributed by atoms with E-state index in [0.717, 1.165) is 28.8 Å². The molecule has 0 amide bonds. The molecule has 0 unspecified atom stereocenters. The van der Waals surface area contributed by atoms with Crippen LogP contribution in [0.25, 0.3) is 0 Å². The van der Waals surface area contributed by atoms with Gasteiger partial charge in [0.05, 0.1) is 0 Å². The quantitative estimate of drug-likeness (QED) is 0.881. The van der Waals surface area contributed by atoms with Gasteiger partial charge in [0.2, 0.25) is 0 Å². The molecular formula is C16H18FNO. The van der Waals surface area contributed by atoms with E-state index >= 15 is 0 Å². The van der Waals surface area contributed by atoms with E-state index in [9.17, 15) is 9.50 Å². The number of rotatable bonds is 4. The lowest BCUT2D eigenvalue weighted by atomic mass is 10.1. The number of hydrogen-bond donors (Lipinski definition) is 2. The van der Waals surface area contributed by atoms with Crippen molar-refractivity contribution in [2.45, 2.75) is 26.9 Å². The van der Waals surface area contributed by atoms with Crippen molar-refractivity contribution < 1.29 is 9.50 Å². The highest BCUT2D eigenvalue weighted by atomic mass is 19.1. The Balaban J connectivity index is 1.94. The first-order valence-corrected chi connectivity index (χ1v) is 6.30. The van der Waals surface area contributed by atoms with Crippen LogP contribution in [-0.4, -0.2) is 5.11 Å². The molecule has 0 aliphatic heterocycles. The topological polar surface area (TPSA) is 32.3 Å². The highest BCUT2D eigenvalue weighted by Gasteiger charge is 2.03. The molecule has 0 atom stereocenters. The minimum absolute atomic E-state index is 0.214. The molecule has 0 radical (unpaired) electrons. The van der Waals surface area contributed by atoms with Crippen LogP contribution in [-0.2, 0) is 13.1 Å². The second kappa shape index (κ2) is 5.85. The van der Waals surface area contributed by atoms with Crippen LogP contribution < -0.4 is 5.32 Å². The van der Waals surface area contributed by atoms with Gasteiger partial charge in [-0.2, -0.15) is 0 Å². The Bertz CT molecular complexity index is 540. The van der Waals surface area contributed by atoms with Crippen molar-refractivity contribution in [1.29, 1.82) is 0 Å². The third kappa shape index (κ3) is 3.55. The van der Waals surface area contributed by atoms with Crippen molar-refractivity contribution in [3.05, 3.63) is 64.5 Å². The fourth-order valence-corrected chi connectivity index (χ4v) is 2.10. The monoisotopic (exact) mass is 259 g/mol. The Kier molecular flexibility index (Phi) is 4.17. The predicted octanol–water partition coefficient (Wildman–Crippen LogP) is 3.44. The Morgan fingerprint density at radius 3 is 2.05 bits per heavy atom. The zero-order valence-electron chi connectivity index (χ0n) is 11.2. The van der Waals surface area contributed by atoms with Crippen LogP contribution >= 0.6 is 0 Å². The van der Waals surface area contributed by atoms with Crippen LogP contribution in [0.1, 0.15) is 22.3 Å². The molecule has 0 saturated carbocycles. The third-order valence-electron chi connectivity index (χ3n) is 3.12. The van der Waals surface area contributed by atoms with Gasteiger partial charge in [0.25, 0.3) is 0 Å². The van der Waals surface area contributed by atoms with Gasteiger partial charge >= 0.3 is 0 Å². The van der Waals surface area contributed by atoms with Crippen molar-refractivity contribution >= 4 is 0 Å². The number of halogens is 1. The van der Waals surface area contributed by atoms with Gasteiger partial charge in [0.15, 0.2) is 0 Å². The summed E-state index contributed by atoms with van der Waals surface area (Å²) in [6, 6.07) is 10.4. The zero-order valence-corrected chi connectivity index (χ0v) is 11.2. The molecule has 3 heteroatoms. The standard InChI is InChI=1S/C16H18FNO/c1-11-7-14(8-12(2)16(11)19)10-18-9-13-3-5-15(17)6-4-13/h3-8,18-19H,9-10H2,1-2H3. The van der Waals surface area contributed by atoms with Crippen LogP contribution in [0.15, 0.2) is 36.4 Å². The number of aryl methyl sites for hydroxylation is 2. The molecule has 2 aromatic rings. The first-order valence-electron chi connectivity index (χ1n) is 6.30. The van der Waals surface area contributed by atoms with Crippen LogP contribution in [0.3, 0.4) is 0 Å². The van der Waals surface area contributed by atoms with Gasteiger partial charge in [-0.3, -0.25) is 0 Å². The molecule has 0 heterocycles. The van der Waals surface area contributed by atoms with E-state index in [0.29, 0.717) is 12.3 Å².